The third-order valence-electron chi connectivity index (χ3n) is 2.36. The quantitative estimate of drug-likeness (QED) is 0.685. The summed E-state index contributed by atoms with van der Waals surface area (Å²) >= 11 is 0. The largest absolute Gasteiger partial charge is 0.256 e. The molecule has 0 aromatic carbocycles. The van der Waals surface area contributed by atoms with E-state index in [1.807, 2.05) is 12.3 Å². The molecule has 0 amide bonds. The lowest BCUT2D eigenvalue weighted by Gasteiger charge is -2.08. The lowest BCUT2D eigenvalue weighted by Crippen LogP contribution is -1.94. The van der Waals surface area contributed by atoms with E-state index in [1.54, 1.807) is 0 Å². The standard InChI is InChI=1S/C12H17N/c1-5-6-10(3)12-11(4)9(2)7-8-13-12/h7-8H,3,5-6H2,1-2,4H3. The van der Waals surface area contributed by atoms with Gasteiger partial charge < -0.3 is 0 Å². The van der Waals surface area contributed by atoms with Crippen molar-refractivity contribution < 1.29 is 0 Å². The topological polar surface area (TPSA) is 12.9 Å². The molecule has 1 heterocycles. The molecule has 0 spiro atoms. The van der Waals surface area contributed by atoms with Crippen molar-refractivity contribution in [1.82, 2.24) is 4.98 Å². The molecule has 0 atom stereocenters. The Labute approximate surface area is 80.5 Å². The molecule has 1 nitrogen and oxygen atoms in total. The highest BCUT2D eigenvalue weighted by molar-refractivity contribution is 5.63. The molecule has 1 aromatic heterocycles. The van der Waals surface area contributed by atoms with Crippen LogP contribution in [0.1, 0.15) is 36.6 Å². The molecule has 0 aliphatic rings. The van der Waals surface area contributed by atoms with Crippen molar-refractivity contribution in [3.05, 3.63) is 35.7 Å². The summed E-state index contributed by atoms with van der Waals surface area (Å²) in [5.41, 5.74) is 4.80. The van der Waals surface area contributed by atoms with Gasteiger partial charge in [0.15, 0.2) is 0 Å². The van der Waals surface area contributed by atoms with Gasteiger partial charge >= 0.3 is 0 Å². The van der Waals surface area contributed by atoms with Gasteiger partial charge in [0, 0.05) is 6.20 Å². The van der Waals surface area contributed by atoms with E-state index in [0.29, 0.717) is 0 Å². The minimum atomic E-state index is 1.04. The molecule has 1 rings (SSSR count). The fraction of sp³-hybridized carbons (Fsp3) is 0.417. The van der Waals surface area contributed by atoms with Crippen LogP contribution in [-0.2, 0) is 0 Å². The van der Waals surface area contributed by atoms with E-state index in [2.05, 4.69) is 32.3 Å². The highest BCUT2D eigenvalue weighted by atomic mass is 14.7. The molecule has 0 aliphatic heterocycles. The van der Waals surface area contributed by atoms with Crippen molar-refractivity contribution in [3.63, 3.8) is 0 Å². The first-order valence-electron chi connectivity index (χ1n) is 4.77. The Hall–Kier alpha value is -1.11. The van der Waals surface area contributed by atoms with Crippen LogP contribution >= 0.6 is 0 Å². The lowest BCUT2D eigenvalue weighted by molar-refractivity contribution is 0.963. The second kappa shape index (κ2) is 4.22. The molecule has 0 aliphatic carbocycles. The highest BCUT2D eigenvalue weighted by Gasteiger charge is 2.04. The first-order chi connectivity index (χ1) is 6.16. The van der Waals surface area contributed by atoms with E-state index in [9.17, 15) is 0 Å². The number of allylic oxidation sites excluding steroid dienone is 1. The van der Waals surface area contributed by atoms with Gasteiger partial charge in [-0.3, -0.25) is 4.98 Å². The second-order valence-electron chi connectivity index (χ2n) is 3.46. The maximum Gasteiger partial charge on any atom is 0.0687 e. The Morgan fingerprint density at radius 3 is 2.77 bits per heavy atom. The Balaban J connectivity index is 3.01. The van der Waals surface area contributed by atoms with Crippen LogP contribution in [0, 0.1) is 13.8 Å². The van der Waals surface area contributed by atoms with Gasteiger partial charge in [0.05, 0.1) is 5.69 Å². The Kier molecular flexibility index (Phi) is 3.24. The van der Waals surface area contributed by atoms with E-state index in [4.69, 9.17) is 0 Å². The van der Waals surface area contributed by atoms with E-state index in [0.717, 1.165) is 24.1 Å². The SMILES string of the molecule is C=C(CCC)c1nccc(C)c1C. The molecule has 70 valence electrons. The van der Waals surface area contributed by atoms with Crippen LogP contribution in [0.4, 0.5) is 0 Å². The summed E-state index contributed by atoms with van der Waals surface area (Å²) in [5.74, 6) is 0. The Bertz CT molecular complexity index is 313. The summed E-state index contributed by atoms with van der Waals surface area (Å²) in [6, 6.07) is 2.04. The lowest BCUT2D eigenvalue weighted by atomic mass is 10.0. The number of hydrogen-bond acceptors (Lipinski definition) is 1. The maximum atomic E-state index is 4.36. The van der Waals surface area contributed by atoms with Crippen molar-refractivity contribution >= 4 is 5.57 Å². The minimum absolute atomic E-state index is 1.04. The summed E-state index contributed by atoms with van der Waals surface area (Å²) in [4.78, 5) is 4.36. The molecule has 0 fully saturated rings. The fourth-order valence-electron chi connectivity index (χ4n) is 1.41. The van der Waals surface area contributed by atoms with Crippen molar-refractivity contribution in [3.8, 4) is 0 Å². The predicted molar refractivity (Wildman–Crippen MR) is 57.7 cm³/mol. The van der Waals surface area contributed by atoms with Crippen LogP contribution in [0.2, 0.25) is 0 Å². The zero-order chi connectivity index (χ0) is 9.84. The first kappa shape index (κ1) is 9.97. The van der Waals surface area contributed by atoms with Gasteiger partial charge in [-0.25, -0.2) is 0 Å². The second-order valence-corrected chi connectivity index (χ2v) is 3.46. The highest BCUT2D eigenvalue weighted by Crippen LogP contribution is 2.20. The number of nitrogens with zero attached hydrogens (tertiary/aromatic N) is 1. The summed E-state index contributed by atoms with van der Waals surface area (Å²) in [5, 5.41) is 0. The van der Waals surface area contributed by atoms with Crippen molar-refractivity contribution in [2.75, 3.05) is 0 Å². The summed E-state index contributed by atoms with van der Waals surface area (Å²) < 4.78 is 0. The van der Waals surface area contributed by atoms with Crippen molar-refractivity contribution in [2.24, 2.45) is 0 Å². The smallest absolute Gasteiger partial charge is 0.0687 e. The number of aryl methyl sites for hydroxylation is 1. The van der Waals surface area contributed by atoms with Crippen molar-refractivity contribution in [2.45, 2.75) is 33.6 Å². The molecule has 0 N–H and O–H groups in total. The predicted octanol–water partition coefficient (Wildman–Crippen LogP) is 3.51. The third kappa shape index (κ3) is 2.18. The van der Waals surface area contributed by atoms with Crippen LogP contribution in [0.3, 0.4) is 0 Å². The average molecular weight is 175 g/mol. The van der Waals surface area contributed by atoms with Gasteiger partial charge in [-0.05, 0) is 43.0 Å². The van der Waals surface area contributed by atoms with E-state index in [1.165, 1.54) is 11.1 Å². The van der Waals surface area contributed by atoms with Gasteiger partial charge in [-0.2, -0.15) is 0 Å². The van der Waals surface area contributed by atoms with Crippen LogP contribution in [0.25, 0.3) is 5.57 Å². The molecule has 0 unspecified atom stereocenters. The van der Waals surface area contributed by atoms with E-state index < -0.39 is 0 Å². The third-order valence-corrected chi connectivity index (χ3v) is 2.36. The molecule has 0 saturated heterocycles. The van der Waals surface area contributed by atoms with E-state index in [-0.39, 0.29) is 0 Å². The van der Waals surface area contributed by atoms with Gasteiger partial charge in [0.25, 0.3) is 0 Å². The maximum absolute atomic E-state index is 4.36. The van der Waals surface area contributed by atoms with Gasteiger partial charge in [-0.15, -0.1) is 0 Å². The van der Waals surface area contributed by atoms with E-state index >= 15 is 0 Å². The summed E-state index contributed by atoms with van der Waals surface area (Å²) in [6.45, 7) is 10.4. The minimum Gasteiger partial charge on any atom is -0.256 e. The normalized spacial score (nSPS) is 10.1. The van der Waals surface area contributed by atoms with Crippen LogP contribution in [0.15, 0.2) is 18.8 Å². The number of pyridine rings is 1. The van der Waals surface area contributed by atoms with Crippen molar-refractivity contribution in [1.29, 1.82) is 0 Å². The fourth-order valence-corrected chi connectivity index (χ4v) is 1.41. The van der Waals surface area contributed by atoms with Gasteiger partial charge in [-0.1, -0.05) is 19.9 Å². The molecule has 1 heteroatoms. The molecule has 0 bridgehead atoms. The average Bonchev–Trinajstić information content (AvgIpc) is 2.10. The molecular weight excluding hydrogens is 158 g/mol. The molecule has 0 saturated carbocycles. The van der Waals surface area contributed by atoms with Gasteiger partial charge in [0.2, 0.25) is 0 Å². The van der Waals surface area contributed by atoms with Crippen LogP contribution < -0.4 is 0 Å². The Morgan fingerprint density at radius 2 is 2.15 bits per heavy atom. The molecular formula is C12H17N. The molecule has 1 aromatic rings. The molecule has 0 radical (unpaired) electrons. The Morgan fingerprint density at radius 1 is 1.46 bits per heavy atom. The van der Waals surface area contributed by atoms with Crippen LogP contribution in [0.5, 0.6) is 0 Å². The zero-order valence-electron chi connectivity index (χ0n) is 8.72. The first-order valence-corrected chi connectivity index (χ1v) is 4.77. The number of aromatic nitrogens is 1. The zero-order valence-corrected chi connectivity index (χ0v) is 8.72. The number of hydrogen-bond donors (Lipinski definition) is 0. The molecule has 13 heavy (non-hydrogen) atoms. The van der Waals surface area contributed by atoms with Crippen LogP contribution in [-0.4, -0.2) is 4.98 Å². The van der Waals surface area contributed by atoms with Gasteiger partial charge in [0.1, 0.15) is 0 Å². The summed E-state index contributed by atoms with van der Waals surface area (Å²) in [7, 11) is 0. The number of rotatable bonds is 3. The monoisotopic (exact) mass is 175 g/mol. The summed E-state index contributed by atoms with van der Waals surface area (Å²) in [6.07, 6.45) is 4.03.